The minimum Gasteiger partial charge on any atom is -0.454 e. The number of nitrogens with one attached hydrogen (secondary N) is 1. The number of benzene rings is 2. The van der Waals surface area contributed by atoms with Crippen LogP contribution in [0.2, 0.25) is 0 Å². The van der Waals surface area contributed by atoms with Gasteiger partial charge in [0.05, 0.1) is 11.2 Å². The molecule has 0 spiro atoms. The predicted molar refractivity (Wildman–Crippen MR) is 96.6 cm³/mol. The number of ether oxygens (including phenoxy) is 2. The second kappa shape index (κ2) is 6.22. The van der Waals surface area contributed by atoms with Gasteiger partial charge < -0.3 is 14.8 Å². The zero-order chi connectivity index (χ0) is 18.1. The van der Waals surface area contributed by atoms with E-state index in [4.69, 9.17) is 9.47 Å². The van der Waals surface area contributed by atoms with Gasteiger partial charge in [0.1, 0.15) is 0 Å². The Bertz CT molecular complexity index is 931. The second-order valence-corrected chi connectivity index (χ2v) is 6.64. The van der Waals surface area contributed by atoms with Gasteiger partial charge in [-0.05, 0) is 61.9 Å². The zero-order valence-corrected chi connectivity index (χ0v) is 14.6. The van der Waals surface area contributed by atoms with E-state index >= 15 is 0 Å². The molecule has 0 aliphatic carbocycles. The Balaban J connectivity index is 1.51. The number of hydrogen-bond donors (Lipinski definition) is 1. The van der Waals surface area contributed by atoms with Gasteiger partial charge in [0.2, 0.25) is 6.79 Å². The first-order chi connectivity index (χ1) is 12.5. The number of fused-ring (bicyclic) bond motifs is 1. The van der Waals surface area contributed by atoms with Gasteiger partial charge in [-0.2, -0.15) is 5.10 Å². The molecule has 0 saturated carbocycles. The Hall–Kier alpha value is -3.28. The maximum Gasteiger partial charge on any atom is 0.251 e. The summed E-state index contributed by atoms with van der Waals surface area (Å²) in [5.74, 6) is 1.29. The van der Waals surface area contributed by atoms with E-state index in [2.05, 4.69) is 10.4 Å². The summed E-state index contributed by atoms with van der Waals surface area (Å²) in [6.07, 6.45) is 3.58. The van der Waals surface area contributed by atoms with Gasteiger partial charge in [-0.3, -0.25) is 4.79 Å². The average Bonchev–Trinajstić information content (AvgIpc) is 3.32. The zero-order valence-electron chi connectivity index (χ0n) is 14.6. The standard InChI is InChI=1S/C20H19N3O3/c1-20(2,15-6-9-17-18(12-15)26-13-25-17)22-19(24)14-4-7-16(8-5-14)23-11-3-10-21-23/h3-12H,13H2,1-2H3,(H,22,24). The smallest absolute Gasteiger partial charge is 0.251 e. The van der Waals surface area contributed by atoms with Crippen LogP contribution in [0.4, 0.5) is 0 Å². The highest BCUT2D eigenvalue weighted by molar-refractivity contribution is 5.94. The number of hydrogen-bond acceptors (Lipinski definition) is 4. The first-order valence-electron chi connectivity index (χ1n) is 8.36. The van der Waals surface area contributed by atoms with Gasteiger partial charge in [-0.15, -0.1) is 0 Å². The molecule has 1 N–H and O–H groups in total. The molecule has 6 nitrogen and oxygen atoms in total. The summed E-state index contributed by atoms with van der Waals surface area (Å²) in [5, 5.41) is 7.26. The molecule has 0 saturated heterocycles. The molecule has 1 amide bonds. The Morgan fingerprint density at radius 2 is 1.88 bits per heavy atom. The van der Waals surface area contributed by atoms with Crippen molar-refractivity contribution in [2.24, 2.45) is 0 Å². The molecule has 0 fully saturated rings. The molecule has 0 unspecified atom stereocenters. The highest BCUT2D eigenvalue weighted by Crippen LogP contribution is 2.35. The molecule has 1 aliphatic heterocycles. The van der Waals surface area contributed by atoms with Crippen molar-refractivity contribution in [2.75, 3.05) is 6.79 Å². The monoisotopic (exact) mass is 349 g/mol. The maximum atomic E-state index is 12.7. The molecule has 0 atom stereocenters. The highest BCUT2D eigenvalue weighted by atomic mass is 16.7. The van der Waals surface area contributed by atoms with E-state index < -0.39 is 5.54 Å². The van der Waals surface area contributed by atoms with Gasteiger partial charge in [0, 0.05) is 18.0 Å². The first kappa shape index (κ1) is 16.2. The van der Waals surface area contributed by atoms with E-state index in [9.17, 15) is 4.79 Å². The van der Waals surface area contributed by atoms with E-state index in [1.807, 2.05) is 56.4 Å². The lowest BCUT2D eigenvalue weighted by molar-refractivity contribution is 0.0912. The Kier molecular flexibility index (Phi) is 3.88. The first-order valence-corrected chi connectivity index (χ1v) is 8.36. The van der Waals surface area contributed by atoms with Crippen LogP contribution in [0.1, 0.15) is 29.8 Å². The SMILES string of the molecule is CC(C)(NC(=O)c1ccc(-n2cccn2)cc1)c1ccc2c(c1)OCO2. The molecular formula is C20H19N3O3. The van der Waals surface area contributed by atoms with Gasteiger partial charge in [0.25, 0.3) is 5.91 Å². The summed E-state index contributed by atoms with van der Waals surface area (Å²) < 4.78 is 12.5. The van der Waals surface area contributed by atoms with Crippen LogP contribution in [0.25, 0.3) is 5.69 Å². The third-order valence-electron chi connectivity index (χ3n) is 4.42. The summed E-state index contributed by atoms with van der Waals surface area (Å²) in [6, 6.07) is 14.9. The number of carbonyl (C=O) groups is 1. The fourth-order valence-electron chi connectivity index (χ4n) is 2.90. The van der Waals surface area contributed by atoms with Crippen LogP contribution in [0.3, 0.4) is 0 Å². The van der Waals surface area contributed by atoms with Crippen molar-refractivity contribution in [1.29, 1.82) is 0 Å². The summed E-state index contributed by atoms with van der Waals surface area (Å²) in [6.45, 7) is 4.15. The number of amides is 1. The fourth-order valence-corrected chi connectivity index (χ4v) is 2.90. The van der Waals surface area contributed by atoms with Crippen LogP contribution in [0.15, 0.2) is 60.9 Å². The van der Waals surface area contributed by atoms with Crippen molar-refractivity contribution in [3.8, 4) is 17.2 Å². The molecule has 1 aliphatic rings. The molecule has 3 aromatic rings. The summed E-state index contributed by atoms with van der Waals surface area (Å²) in [4.78, 5) is 12.7. The van der Waals surface area contributed by atoms with Crippen LogP contribution in [-0.4, -0.2) is 22.5 Å². The maximum absolute atomic E-state index is 12.7. The van der Waals surface area contributed by atoms with Crippen LogP contribution in [0.5, 0.6) is 11.5 Å². The molecule has 0 bridgehead atoms. The largest absolute Gasteiger partial charge is 0.454 e. The summed E-state index contributed by atoms with van der Waals surface area (Å²) in [7, 11) is 0. The number of carbonyl (C=O) groups excluding carboxylic acids is 1. The molecule has 0 radical (unpaired) electrons. The Morgan fingerprint density at radius 3 is 2.62 bits per heavy atom. The van der Waals surface area contributed by atoms with E-state index in [0.29, 0.717) is 11.3 Å². The predicted octanol–water partition coefficient (Wildman–Crippen LogP) is 3.27. The lowest BCUT2D eigenvalue weighted by atomic mass is 9.93. The normalized spacial score (nSPS) is 12.8. The molecule has 6 heteroatoms. The molecule has 2 aromatic carbocycles. The highest BCUT2D eigenvalue weighted by Gasteiger charge is 2.26. The van der Waals surface area contributed by atoms with Gasteiger partial charge in [-0.1, -0.05) is 6.07 Å². The quantitative estimate of drug-likeness (QED) is 0.785. The Labute approximate surface area is 151 Å². The van der Waals surface area contributed by atoms with E-state index in [-0.39, 0.29) is 12.7 Å². The van der Waals surface area contributed by atoms with Gasteiger partial charge in [-0.25, -0.2) is 4.68 Å². The molecular weight excluding hydrogens is 330 g/mol. The van der Waals surface area contributed by atoms with Gasteiger partial charge in [0.15, 0.2) is 11.5 Å². The van der Waals surface area contributed by atoms with Crippen molar-refractivity contribution < 1.29 is 14.3 Å². The minimum atomic E-state index is -0.557. The minimum absolute atomic E-state index is 0.139. The topological polar surface area (TPSA) is 65.4 Å². The van der Waals surface area contributed by atoms with Crippen molar-refractivity contribution in [3.05, 3.63) is 72.1 Å². The summed E-state index contributed by atoms with van der Waals surface area (Å²) in [5.41, 5.74) is 1.89. The third-order valence-corrected chi connectivity index (χ3v) is 4.42. The lowest BCUT2D eigenvalue weighted by Gasteiger charge is -2.27. The van der Waals surface area contributed by atoms with E-state index in [1.54, 1.807) is 23.0 Å². The Morgan fingerprint density at radius 1 is 1.12 bits per heavy atom. The molecule has 4 rings (SSSR count). The second-order valence-electron chi connectivity index (χ2n) is 6.64. The van der Waals surface area contributed by atoms with Crippen LogP contribution < -0.4 is 14.8 Å². The van der Waals surface area contributed by atoms with Crippen LogP contribution in [-0.2, 0) is 5.54 Å². The van der Waals surface area contributed by atoms with Crippen molar-refractivity contribution in [1.82, 2.24) is 15.1 Å². The molecule has 132 valence electrons. The van der Waals surface area contributed by atoms with E-state index in [1.165, 1.54) is 0 Å². The number of aromatic nitrogens is 2. The average molecular weight is 349 g/mol. The van der Waals surface area contributed by atoms with Crippen molar-refractivity contribution >= 4 is 5.91 Å². The fraction of sp³-hybridized carbons (Fsp3) is 0.200. The molecule has 26 heavy (non-hydrogen) atoms. The number of rotatable bonds is 4. The number of nitrogens with zero attached hydrogens (tertiary/aromatic N) is 2. The van der Waals surface area contributed by atoms with E-state index in [0.717, 1.165) is 17.0 Å². The van der Waals surface area contributed by atoms with Crippen LogP contribution in [0, 0.1) is 0 Å². The van der Waals surface area contributed by atoms with Gasteiger partial charge >= 0.3 is 0 Å². The molecule has 2 heterocycles. The van der Waals surface area contributed by atoms with Crippen molar-refractivity contribution in [2.45, 2.75) is 19.4 Å². The summed E-state index contributed by atoms with van der Waals surface area (Å²) >= 11 is 0. The van der Waals surface area contributed by atoms with Crippen LogP contribution >= 0.6 is 0 Å². The van der Waals surface area contributed by atoms with Crippen molar-refractivity contribution in [3.63, 3.8) is 0 Å². The molecule has 1 aromatic heterocycles. The lowest BCUT2D eigenvalue weighted by Crippen LogP contribution is -2.40. The third kappa shape index (κ3) is 3.01.